The number of ketones is 1. The average Bonchev–Trinajstić information content (AvgIpc) is 3.23. The minimum Gasteiger partial charge on any atom is -0.361 e. The lowest BCUT2D eigenvalue weighted by molar-refractivity contribution is -0.130. The van der Waals surface area contributed by atoms with Crippen molar-refractivity contribution >= 4 is 34.2 Å². The van der Waals surface area contributed by atoms with Gasteiger partial charge >= 0.3 is 0 Å². The summed E-state index contributed by atoms with van der Waals surface area (Å²) in [5, 5.41) is 4.45. The molecular weight excluding hydrogens is 424 g/mol. The molecule has 2 unspecified atom stereocenters. The van der Waals surface area contributed by atoms with Crippen LogP contribution in [0.25, 0.3) is 10.9 Å². The van der Waals surface area contributed by atoms with E-state index in [-0.39, 0.29) is 18.1 Å². The molecule has 1 saturated heterocycles. The van der Waals surface area contributed by atoms with Gasteiger partial charge in [-0.05, 0) is 43.6 Å². The molecule has 1 fully saturated rings. The van der Waals surface area contributed by atoms with Crippen molar-refractivity contribution in [2.75, 3.05) is 13.1 Å². The number of hydrogen-bond acceptors (Lipinski definition) is 4. The lowest BCUT2D eigenvalue weighted by atomic mass is 9.93. The molecule has 3 aromatic rings. The first-order valence-corrected chi connectivity index (χ1v) is 11.5. The van der Waals surface area contributed by atoms with E-state index >= 15 is 0 Å². The third-order valence-corrected chi connectivity index (χ3v) is 6.51. The van der Waals surface area contributed by atoms with E-state index in [1.54, 1.807) is 6.07 Å². The topological polar surface area (TPSA) is 91.2 Å². The number of amides is 1. The quantitative estimate of drug-likeness (QED) is 0.482. The molecule has 4 rings (SSSR count). The molecule has 1 amide bonds. The fraction of sp³-hybridized carbons (Fsp3) is 0.360. The molecule has 0 saturated carbocycles. The highest BCUT2D eigenvalue weighted by Gasteiger charge is 2.34. The van der Waals surface area contributed by atoms with Crippen LogP contribution in [0.2, 0.25) is 5.02 Å². The normalized spacial score (nSPS) is 16.6. The summed E-state index contributed by atoms with van der Waals surface area (Å²) in [5.74, 6) is -0.383. The number of benzene rings is 2. The largest absolute Gasteiger partial charge is 0.361 e. The zero-order valence-corrected chi connectivity index (χ0v) is 18.8. The second-order valence-corrected chi connectivity index (χ2v) is 8.78. The van der Waals surface area contributed by atoms with Gasteiger partial charge in [0.05, 0.1) is 12.1 Å². The third kappa shape index (κ3) is 5.04. The molecule has 1 aliphatic heterocycles. The number of likely N-dealkylation sites (tertiary alicyclic amines) is 1. The second kappa shape index (κ2) is 10.3. The van der Waals surface area contributed by atoms with E-state index in [1.807, 2.05) is 48.7 Å². The van der Waals surface area contributed by atoms with Crippen LogP contribution in [0.1, 0.15) is 42.9 Å². The van der Waals surface area contributed by atoms with E-state index in [0.29, 0.717) is 11.6 Å². The summed E-state index contributed by atoms with van der Waals surface area (Å²) < 4.78 is 0. The number of aromatic amines is 1. The molecule has 7 heteroatoms. The Kier molecular flexibility index (Phi) is 7.25. The summed E-state index contributed by atoms with van der Waals surface area (Å²) in [4.78, 5) is 31.6. The SMILES string of the molecule is NC(CC(=O)NCc1ccccc1Cl)C(=O)C(c1c[nH]c2ccccc12)N1CCCCC1. The zero-order valence-electron chi connectivity index (χ0n) is 18.0. The van der Waals surface area contributed by atoms with Crippen molar-refractivity contribution in [2.24, 2.45) is 5.73 Å². The maximum atomic E-state index is 13.6. The summed E-state index contributed by atoms with van der Waals surface area (Å²) in [6.45, 7) is 2.00. The molecule has 168 valence electrons. The fourth-order valence-electron chi connectivity index (χ4n) is 4.44. The number of carbonyl (C=O) groups is 2. The fourth-order valence-corrected chi connectivity index (χ4v) is 4.64. The first-order chi connectivity index (χ1) is 15.5. The van der Waals surface area contributed by atoms with E-state index in [1.165, 1.54) is 6.42 Å². The van der Waals surface area contributed by atoms with Crippen molar-refractivity contribution in [3.63, 3.8) is 0 Å². The number of halogens is 1. The zero-order chi connectivity index (χ0) is 22.5. The van der Waals surface area contributed by atoms with E-state index in [2.05, 4.69) is 15.2 Å². The minimum absolute atomic E-state index is 0.0595. The first kappa shape index (κ1) is 22.5. The van der Waals surface area contributed by atoms with Crippen LogP contribution in [-0.4, -0.2) is 40.7 Å². The maximum Gasteiger partial charge on any atom is 0.222 e. The van der Waals surface area contributed by atoms with Gasteiger partial charge in [0, 0.05) is 40.7 Å². The summed E-state index contributed by atoms with van der Waals surface area (Å²) in [7, 11) is 0. The Bertz CT molecular complexity index is 1090. The average molecular weight is 453 g/mol. The van der Waals surface area contributed by atoms with Gasteiger partial charge in [0.2, 0.25) is 5.91 Å². The number of Topliss-reactive ketones (excluding diaryl/α,β-unsaturated/α-hetero) is 1. The highest BCUT2D eigenvalue weighted by molar-refractivity contribution is 6.31. The van der Waals surface area contributed by atoms with Crippen LogP contribution >= 0.6 is 11.6 Å². The predicted octanol–water partition coefficient (Wildman–Crippen LogP) is 3.95. The summed E-state index contributed by atoms with van der Waals surface area (Å²) >= 11 is 6.16. The molecule has 32 heavy (non-hydrogen) atoms. The van der Waals surface area contributed by atoms with Gasteiger partial charge in [-0.1, -0.05) is 54.4 Å². The first-order valence-electron chi connectivity index (χ1n) is 11.1. The van der Waals surface area contributed by atoms with Crippen molar-refractivity contribution in [3.8, 4) is 0 Å². The van der Waals surface area contributed by atoms with Crippen molar-refractivity contribution < 1.29 is 9.59 Å². The van der Waals surface area contributed by atoms with Crippen LogP contribution in [0.3, 0.4) is 0 Å². The lowest BCUT2D eigenvalue weighted by Crippen LogP contribution is -2.46. The van der Waals surface area contributed by atoms with Crippen molar-refractivity contribution in [3.05, 3.63) is 70.9 Å². The molecule has 1 aliphatic rings. The number of nitrogens with one attached hydrogen (secondary N) is 2. The summed E-state index contributed by atoms with van der Waals surface area (Å²) in [5.41, 5.74) is 9.05. The number of H-pyrrole nitrogens is 1. The Morgan fingerprint density at radius 2 is 1.78 bits per heavy atom. The number of nitrogens with two attached hydrogens (primary N) is 1. The smallest absolute Gasteiger partial charge is 0.222 e. The van der Waals surface area contributed by atoms with Gasteiger partial charge < -0.3 is 16.0 Å². The molecule has 0 radical (unpaired) electrons. The highest BCUT2D eigenvalue weighted by Crippen LogP contribution is 2.32. The van der Waals surface area contributed by atoms with Crippen LogP contribution in [-0.2, 0) is 16.1 Å². The lowest BCUT2D eigenvalue weighted by Gasteiger charge is -2.34. The minimum atomic E-state index is -0.887. The molecule has 0 bridgehead atoms. The van der Waals surface area contributed by atoms with Gasteiger partial charge in [-0.2, -0.15) is 0 Å². The number of fused-ring (bicyclic) bond motifs is 1. The van der Waals surface area contributed by atoms with Crippen molar-refractivity contribution in [2.45, 2.75) is 44.3 Å². The molecule has 6 nitrogen and oxygen atoms in total. The highest BCUT2D eigenvalue weighted by atomic mass is 35.5. The predicted molar refractivity (Wildman–Crippen MR) is 127 cm³/mol. The number of carbonyl (C=O) groups excluding carboxylic acids is 2. The Hall–Kier alpha value is -2.67. The Morgan fingerprint density at radius 1 is 1.06 bits per heavy atom. The van der Waals surface area contributed by atoms with Crippen LogP contribution in [0.15, 0.2) is 54.7 Å². The molecule has 2 aromatic carbocycles. The number of rotatable bonds is 8. The summed E-state index contributed by atoms with van der Waals surface area (Å²) in [6, 6.07) is 14.0. The maximum absolute atomic E-state index is 13.6. The van der Waals surface area contributed by atoms with Gasteiger partial charge in [-0.25, -0.2) is 0 Å². The van der Waals surface area contributed by atoms with Gasteiger partial charge in [0.15, 0.2) is 5.78 Å². The molecule has 4 N–H and O–H groups in total. The molecule has 0 aliphatic carbocycles. The van der Waals surface area contributed by atoms with Gasteiger partial charge in [-0.15, -0.1) is 0 Å². The van der Waals surface area contributed by atoms with Gasteiger partial charge in [-0.3, -0.25) is 14.5 Å². The molecular formula is C25H29ClN4O2. The Labute approximate surface area is 193 Å². The van der Waals surface area contributed by atoms with E-state index in [9.17, 15) is 9.59 Å². The molecule has 2 heterocycles. The van der Waals surface area contributed by atoms with E-state index < -0.39 is 12.1 Å². The van der Waals surface area contributed by atoms with Crippen molar-refractivity contribution in [1.29, 1.82) is 0 Å². The number of nitrogens with zero attached hydrogens (tertiary/aromatic N) is 1. The number of piperidine rings is 1. The summed E-state index contributed by atoms with van der Waals surface area (Å²) in [6.07, 6.45) is 5.13. The standard InChI is InChI=1S/C25H29ClN4O2/c26-20-10-4-2-8-17(20)15-29-23(31)14-21(27)25(32)24(30-12-6-1-7-13-30)19-16-28-22-11-5-3-9-18(19)22/h2-5,8-11,16,21,24,28H,1,6-7,12-15,27H2,(H,29,31). The monoisotopic (exact) mass is 452 g/mol. The van der Waals surface area contributed by atoms with E-state index in [0.717, 1.165) is 48.0 Å². The second-order valence-electron chi connectivity index (χ2n) is 8.37. The van der Waals surface area contributed by atoms with E-state index in [4.69, 9.17) is 17.3 Å². The van der Waals surface area contributed by atoms with Gasteiger partial charge in [0.25, 0.3) is 0 Å². The van der Waals surface area contributed by atoms with Gasteiger partial charge in [0.1, 0.15) is 0 Å². The number of para-hydroxylation sites is 1. The van der Waals surface area contributed by atoms with Crippen LogP contribution < -0.4 is 11.1 Å². The number of hydrogen-bond donors (Lipinski definition) is 3. The van der Waals surface area contributed by atoms with Crippen LogP contribution in [0.5, 0.6) is 0 Å². The van der Waals surface area contributed by atoms with Crippen LogP contribution in [0, 0.1) is 0 Å². The number of aromatic nitrogens is 1. The third-order valence-electron chi connectivity index (χ3n) is 6.15. The Morgan fingerprint density at radius 3 is 2.56 bits per heavy atom. The molecule has 1 aromatic heterocycles. The molecule has 0 spiro atoms. The molecule has 2 atom stereocenters. The van der Waals surface area contributed by atoms with Crippen LogP contribution in [0.4, 0.5) is 0 Å². The van der Waals surface area contributed by atoms with Crippen molar-refractivity contribution in [1.82, 2.24) is 15.2 Å². The Balaban J connectivity index is 1.49.